The highest BCUT2D eigenvalue weighted by molar-refractivity contribution is 8.03. The molecule has 0 spiro atoms. The van der Waals surface area contributed by atoms with Gasteiger partial charge in [0.2, 0.25) is 0 Å². The van der Waals surface area contributed by atoms with E-state index >= 15 is 0 Å². The van der Waals surface area contributed by atoms with Crippen molar-refractivity contribution in [3.05, 3.63) is 0 Å². The zero-order chi connectivity index (χ0) is 9.23. The molecule has 0 amide bonds. The number of aliphatic hydroxyl groups excluding tert-OH is 2. The van der Waals surface area contributed by atoms with Crippen molar-refractivity contribution in [3.8, 4) is 0 Å². The second-order valence-corrected chi connectivity index (χ2v) is 5.12. The Bertz CT molecular complexity index is 92.7. The average molecular weight is 228 g/mol. The number of hydrogen-bond acceptors (Lipinski definition) is 5. The van der Waals surface area contributed by atoms with Crippen molar-refractivity contribution in [2.45, 2.75) is 5.25 Å². The van der Waals surface area contributed by atoms with E-state index < -0.39 is 0 Å². The largest absolute Gasteiger partial charge is 0.396 e. The molecule has 0 aromatic rings. The van der Waals surface area contributed by atoms with Gasteiger partial charge >= 0.3 is 0 Å². The van der Waals surface area contributed by atoms with Gasteiger partial charge in [0.25, 0.3) is 0 Å². The lowest BCUT2D eigenvalue weighted by molar-refractivity contribution is 0.322. The molecular formula is C7H16O2S3. The number of hydrogen-bond donors (Lipinski definition) is 3. The van der Waals surface area contributed by atoms with Gasteiger partial charge in [-0.25, -0.2) is 0 Å². The molecule has 0 aliphatic carbocycles. The first-order chi connectivity index (χ1) is 5.85. The van der Waals surface area contributed by atoms with Gasteiger partial charge in [0, 0.05) is 28.3 Å². The molecule has 0 aromatic heterocycles. The maximum atomic E-state index is 8.59. The Balaban J connectivity index is 3.26. The Morgan fingerprint density at radius 2 is 1.83 bits per heavy atom. The van der Waals surface area contributed by atoms with Gasteiger partial charge in [-0.3, -0.25) is 0 Å². The molecule has 74 valence electrons. The molecule has 1 unspecified atom stereocenters. The number of thioether (sulfide) groups is 2. The molecule has 0 saturated carbocycles. The highest BCUT2D eigenvalue weighted by Gasteiger charge is 2.05. The van der Waals surface area contributed by atoms with Crippen molar-refractivity contribution in [1.82, 2.24) is 0 Å². The molecule has 0 saturated heterocycles. The summed E-state index contributed by atoms with van der Waals surface area (Å²) in [6, 6.07) is 0. The van der Waals surface area contributed by atoms with Crippen LogP contribution in [0.2, 0.25) is 0 Å². The van der Waals surface area contributed by atoms with Crippen LogP contribution in [-0.2, 0) is 0 Å². The van der Waals surface area contributed by atoms with Gasteiger partial charge in [0.05, 0.1) is 13.2 Å². The minimum atomic E-state index is 0.236. The van der Waals surface area contributed by atoms with E-state index in [1.807, 2.05) is 0 Å². The summed E-state index contributed by atoms with van der Waals surface area (Å²) in [5.41, 5.74) is 0. The molecule has 0 aliphatic rings. The molecule has 0 radical (unpaired) electrons. The lowest BCUT2D eigenvalue weighted by Crippen LogP contribution is -2.11. The zero-order valence-electron chi connectivity index (χ0n) is 6.98. The lowest BCUT2D eigenvalue weighted by atomic mass is 10.5. The van der Waals surface area contributed by atoms with Crippen LogP contribution in [0, 0.1) is 0 Å². The van der Waals surface area contributed by atoms with Crippen LogP contribution in [0.25, 0.3) is 0 Å². The maximum Gasteiger partial charge on any atom is 0.0521 e. The standard InChI is InChI=1S/C7H16O2S3/c8-1-3-11-6-7(5-10)12-4-2-9/h7-10H,1-6H2. The van der Waals surface area contributed by atoms with Crippen molar-refractivity contribution in [2.75, 3.05) is 36.2 Å². The van der Waals surface area contributed by atoms with Crippen LogP contribution < -0.4 is 0 Å². The van der Waals surface area contributed by atoms with Gasteiger partial charge < -0.3 is 10.2 Å². The van der Waals surface area contributed by atoms with Crippen LogP contribution in [-0.4, -0.2) is 51.7 Å². The molecule has 0 fully saturated rings. The van der Waals surface area contributed by atoms with Crippen molar-refractivity contribution < 1.29 is 10.2 Å². The van der Waals surface area contributed by atoms with Crippen LogP contribution in [0.4, 0.5) is 0 Å². The third-order valence-corrected chi connectivity index (χ3v) is 4.42. The fourth-order valence-corrected chi connectivity index (χ4v) is 3.17. The number of thiol groups is 1. The smallest absolute Gasteiger partial charge is 0.0521 e. The third kappa shape index (κ3) is 7.61. The van der Waals surface area contributed by atoms with E-state index in [0.29, 0.717) is 5.25 Å². The molecule has 5 heteroatoms. The van der Waals surface area contributed by atoms with Crippen LogP contribution in [0.15, 0.2) is 0 Å². The van der Waals surface area contributed by atoms with E-state index in [1.54, 1.807) is 23.5 Å². The van der Waals surface area contributed by atoms with Gasteiger partial charge in [-0.15, -0.1) is 0 Å². The van der Waals surface area contributed by atoms with Crippen LogP contribution >= 0.6 is 36.2 Å². The van der Waals surface area contributed by atoms with E-state index in [2.05, 4.69) is 12.6 Å². The minimum absolute atomic E-state index is 0.236. The SMILES string of the molecule is OCCSCC(CS)SCCO. The van der Waals surface area contributed by atoms with Crippen molar-refractivity contribution >= 4 is 36.2 Å². The number of rotatable bonds is 8. The van der Waals surface area contributed by atoms with Gasteiger partial charge in [0.15, 0.2) is 0 Å². The fraction of sp³-hybridized carbons (Fsp3) is 1.00. The predicted molar refractivity (Wildman–Crippen MR) is 61.6 cm³/mol. The Morgan fingerprint density at radius 3 is 2.33 bits per heavy atom. The minimum Gasteiger partial charge on any atom is -0.396 e. The predicted octanol–water partition coefficient (Wildman–Crippen LogP) is 0.736. The van der Waals surface area contributed by atoms with Gasteiger partial charge in [-0.2, -0.15) is 36.2 Å². The average Bonchev–Trinajstić information content (AvgIpc) is 2.11. The summed E-state index contributed by atoms with van der Waals surface area (Å²) in [6.45, 7) is 0.480. The van der Waals surface area contributed by atoms with Crippen LogP contribution in [0.1, 0.15) is 0 Å². The van der Waals surface area contributed by atoms with Crippen LogP contribution in [0.3, 0.4) is 0 Å². The Labute approximate surface area is 87.9 Å². The highest BCUT2D eigenvalue weighted by atomic mass is 32.2. The topological polar surface area (TPSA) is 40.5 Å². The molecule has 0 rings (SSSR count). The van der Waals surface area contributed by atoms with E-state index in [9.17, 15) is 0 Å². The van der Waals surface area contributed by atoms with Gasteiger partial charge in [0.1, 0.15) is 0 Å². The van der Waals surface area contributed by atoms with Crippen LogP contribution in [0.5, 0.6) is 0 Å². The summed E-state index contributed by atoms with van der Waals surface area (Å²) in [5.74, 6) is 3.42. The fourth-order valence-electron chi connectivity index (χ4n) is 0.652. The first kappa shape index (κ1) is 13.0. The Kier molecular flexibility index (Phi) is 10.9. The Morgan fingerprint density at radius 1 is 1.17 bits per heavy atom. The summed E-state index contributed by atoms with van der Waals surface area (Å²) < 4.78 is 0. The van der Waals surface area contributed by atoms with E-state index in [4.69, 9.17) is 10.2 Å². The molecule has 0 heterocycles. The second-order valence-electron chi connectivity index (χ2n) is 2.20. The maximum absolute atomic E-state index is 8.59. The zero-order valence-corrected chi connectivity index (χ0v) is 9.51. The van der Waals surface area contributed by atoms with Crippen molar-refractivity contribution in [2.24, 2.45) is 0 Å². The number of aliphatic hydroxyl groups is 2. The summed E-state index contributed by atoms with van der Waals surface area (Å²) >= 11 is 7.69. The Hall–Kier alpha value is 0.970. The summed E-state index contributed by atoms with van der Waals surface area (Å²) in [5, 5.41) is 17.6. The lowest BCUT2D eigenvalue weighted by Gasteiger charge is -2.11. The summed E-state index contributed by atoms with van der Waals surface area (Å²) in [4.78, 5) is 0. The molecule has 1 atom stereocenters. The van der Waals surface area contributed by atoms with E-state index in [1.165, 1.54) is 0 Å². The molecule has 0 aromatic carbocycles. The normalized spacial score (nSPS) is 13.2. The second kappa shape index (κ2) is 10.1. The quantitative estimate of drug-likeness (QED) is 0.423. The van der Waals surface area contributed by atoms with Gasteiger partial charge in [-0.1, -0.05) is 0 Å². The molecule has 12 heavy (non-hydrogen) atoms. The molecule has 2 N–H and O–H groups in total. The third-order valence-electron chi connectivity index (χ3n) is 1.19. The van der Waals surface area contributed by atoms with Gasteiger partial charge in [-0.05, 0) is 0 Å². The summed E-state index contributed by atoms with van der Waals surface area (Å²) in [7, 11) is 0. The van der Waals surface area contributed by atoms with E-state index in [-0.39, 0.29) is 13.2 Å². The van der Waals surface area contributed by atoms with Crippen molar-refractivity contribution in [1.29, 1.82) is 0 Å². The summed E-state index contributed by atoms with van der Waals surface area (Å²) in [6.07, 6.45) is 0. The monoisotopic (exact) mass is 228 g/mol. The highest BCUT2D eigenvalue weighted by Crippen LogP contribution is 2.17. The molecule has 0 bridgehead atoms. The molecule has 2 nitrogen and oxygen atoms in total. The van der Waals surface area contributed by atoms with E-state index in [0.717, 1.165) is 23.0 Å². The molecular weight excluding hydrogens is 212 g/mol. The molecule has 0 aliphatic heterocycles. The first-order valence-electron chi connectivity index (χ1n) is 3.87. The van der Waals surface area contributed by atoms with Crippen molar-refractivity contribution in [3.63, 3.8) is 0 Å². The first-order valence-corrected chi connectivity index (χ1v) is 6.70.